The minimum Gasteiger partial charge on any atom is -0.367 e. The van der Waals surface area contributed by atoms with Crippen molar-refractivity contribution >= 4 is 16.7 Å². The molecule has 0 aliphatic heterocycles. The molecular weight excluding hydrogens is 244 g/mol. The predicted octanol–water partition coefficient (Wildman–Crippen LogP) is 4.92. The van der Waals surface area contributed by atoms with Crippen LogP contribution in [0, 0.1) is 12.8 Å². The van der Waals surface area contributed by atoms with E-state index in [0.717, 1.165) is 17.3 Å². The number of hydrogen-bond acceptors (Lipinski definition) is 2. The molecule has 1 aliphatic carbocycles. The zero-order valence-corrected chi connectivity index (χ0v) is 12.5. The molecule has 20 heavy (non-hydrogen) atoms. The summed E-state index contributed by atoms with van der Waals surface area (Å²) >= 11 is 0. The molecule has 1 unspecified atom stereocenters. The van der Waals surface area contributed by atoms with Crippen molar-refractivity contribution in [1.29, 1.82) is 0 Å². The Morgan fingerprint density at radius 3 is 2.70 bits per heavy atom. The molecule has 1 heterocycles. The first-order valence-electron chi connectivity index (χ1n) is 7.87. The Kier molecular flexibility index (Phi) is 3.90. The molecule has 0 amide bonds. The molecule has 1 fully saturated rings. The third kappa shape index (κ3) is 2.79. The minimum absolute atomic E-state index is 0.516. The topological polar surface area (TPSA) is 24.9 Å². The molecule has 106 valence electrons. The predicted molar refractivity (Wildman–Crippen MR) is 86.1 cm³/mol. The van der Waals surface area contributed by atoms with Crippen molar-refractivity contribution in [1.82, 2.24) is 4.98 Å². The normalized spacial score (nSPS) is 18.1. The van der Waals surface area contributed by atoms with Gasteiger partial charge in [-0.05, 0) is 50.3 Å². The van der Waals surface area contributed by atoms with Gasteiger partial charge in [-0.15, -0.1) is 0 Å². The number of pyridine rings is 1. The number of nitrogens with zero attached hydrogens (tertiary/aromatic N) is 1. The van der Waals surface area contributed by atoms with Crippen LogP contribution in [0.3, 0.4) is 0 Å². The molecule has 0 radical (unpaired) electrons. The Bertz CT molecular complexity index is 585. The molecule has 2 nitrogen and oxygen atoms in total. The van der Waals surface area contributed by atoms with Crippen molar-refractivity contribution in [2.45, 2.75) is 52.0 Å². The summed E-state index contributed by atoms with van der Waals surface area (Å²) in [7, 11) is 0. The van der Waals surface area contributed by atoms with Crippen molar-refractivity contribution in [3.05, 3.63) is 35.9 Å². The van der Waals surface area contributed by atoms with Crippen LogP contribution in [-0.2, 0) is 0 Å². The maximum Gasteiger partial charge on any atom is 0.129 e. The van der Waals surface area contributed by atoms with Crippen LogP contribution in [0.2, 0.25) is 0 Å². The number of rotatable bonds is 3. The van der Waals surface area contributed by atoms with Gasteiger partial charge in [-0.2, -0.15) is 0 Å². The van der Waals surface area contributed by atoms with Crippen LogP contribution in [0.5, 0.6) is 0 Å². The highest BCUT2D eigenvalue weighted by atomic mass is 15.0. The van der Waals surface area contributed by atoms with Crippen LogP contribution in [0.15, 0.2) is 30.3 Å². The zero-order valence-electron chi connectivity index (χ0n) is 12.5. The summed E-state index contributed by atoms with van der Waals surface area (Å²) in [5, 5.41) is 4.88. The summed E-state index contributed by atoms with van der Waals surface area (Å²) in [6.07, 6.45) is 6.92. The molecule has 0 bridgehead atoms. The number of benzene rings is 1. The van der Waals surface area contributed by atoms with E-state index in [0.29, 0.717) is 6.04 Å². The fraction of sp³-hybridized carbons (Fsp3) is 0.500. The van der Waals surface area contributed by atoms with Crippen molar-refractivity contribution in [3.8, 4) is 0 Å². The molecule has 1 saturated carbocycles. The van der Waals surface area contributed by atoms with Crippen LogP contribution >= 0.6 is 0 Å². The van der Waals surface area contributed by atoms with Gasteiger partial charge in [-0.25, -0.2) is 4.98 Å². The minimum atomic E-state index is 0.516. The largest absolute Gasteiger partial charge is 0.367 e. The Labute approximate surface area is 121 Å². The summed E-state index contributed by atoms with van der Waals surface area (Å²) < 4.78 is 0. The highest BCUT2D eigenvalue weighted by Crippen LogP contribution is 2.29. The van der Waals surface area contributed by atoms with E-state index in [-0.39, 0.29) is 0 Å². The molecule has 2 aromatic rings. The van der Waals surface area contributed by atoms with Crippen LogP contribution in [0.25, 0.3) is 10.9 Å². The monoisotopic (exact) mass is 268 g/mol. The van der Waals surface area contributed by atoms with E-state index in [2.05, 4.69) is 49.5 Å². The molecule has 1 aliphatic rings. The maximum atomic E-state index is 4.80. The molecule has 0 saturated heterocycles. The molecule has 2 heteroatoms. The molecule has 1 atom stereocenters. The van der Waals surface area contributed by atoms with Gasteiger partial charge in [0, 0.05) is 11.4 Å². The van der Waals surface area contributed by atoms with Gasteiger partial charge < -0.3 is 5.32 Å². The van der Waals surface area contributed by atoms with Gasteiger partial charge in [0.1, 0.15) is 5.82 Å². The number of fused-ring (bicyclic) bond motifs is 1. The smallest absolute Gasteiger partial charge is 0.129 e. The average Bonchev–Trinajstić information content (AvgIpc) is 2.49. The SMILES string of the molecule is Cc1cc2ccccc2nc1NC(C)C1CCCCC1. The van der Waals surface area contributed by atoms with Gasteiger partial charge in [-0.3, -0.25) is 0 Å². The number of hydrogen-bond donors (Lipinski definition) is 1. The van der Waals surface area contributed by atoms with Crippen molar-refractivity contribution < 1.29 is 0 Å². The standard InChI is InChI=1S/C18H24N2/c1-13-12-16-10-6-7-11-17(16)20-18(13)19-14(2)15-8-4-3-5-9-15/h6-7,10-12,14-15H,3-5,8-9H2,1-2H3,(H,19,20). The van der Waals surface area contributed by atoms with E-state index >= 15 is 0 Å². The lowest BCUT2D eigenvalue weighted by atomic mass is 9.84. The van der Waals surface area contributed by atoms with Gasteiger partial charge in [0.25, 0.3) is 0 Å². The molecule has 0 spiro atoms. The van der Waals surface area contributed by atoms with E-state index in [1.807, 2.05) is 0 Å². The summed E-state index contributed by atoms with van der Waals surface area (Å²) in [5.41, 5.74) is 2.32. The third-order valence-electron chi connectivity index (χ3n) is 4.64. The number of nitrogens with one attached hydrogen (secondary N) is 1. The van der Waals surface area contributed by atoms with Crippen LogP contribution in [-0.4, -0.2) is 11.0 Å². The Morgan fingerprint density at radius 1 is 1.15 bits per heavy atom. The lowest BCUT2D eigenvalue weighted by Crippen LogP contribution is -2.28. The first-order valence-corrected chi connectivity index (χ1v) is 7.87. The Balaban J connectivity index is 1.80. The molecular formula is C18H24N2. The number of anilines is 1. The lowest BCUT2D eigenvalue weighted by Gasteiger charge is -2.29. The number of para-hydroxylation sites is 1. The van der Waals surface area contributed by atoms with Crippen LogP contribution in [0.1, 0.15) is 44.6 Å². The second-order valence-electron chi connectivity index (χ2n) is 6.18. The molecule has 1 N–H and O–H groups in total. The lowest BCUT2D eigenvalue weighted by molar-refractivity contribution is 0.328. The van der Waals surface area contributed by atoms with E-state index in [4.69, 9.17) is 4.98 Å². The highest BCUT2D eigenvalue weighted by molar-refractivity contribution is 5.81. The molecule has 1 aromatic heterocycles. The van der Waals surface area contributed by atoms with E-state index in [1.165, 1.54) is 43.1 Å². The summed E-state index contributed by atoms with van der Waals surface area (Å²) in [6, 6.07) is 11.1. The van der Waals surface area contributed by atoms with Crippen LogP contribution in [0.4, 0.5) is 5.82 Å². The van der Waals surface area contributed by atoms with Gasteiger partial charge in [0.05, 0.1) is 5.52 Å². The first kappa shape index (κ1) is 13.4. The average molecular weight is 268 g/mol. The summed E-state index contributed by atoms with van der Waals surface area (Å²) in [6.45, 7) is 4.46. The van der Waals surface area contributed by atoms with E-state index < -0.39 is 0 Å². The van der Waals surface area contributed by atoms with Crippen LogP contribution < -0.4 is 5.32 Å². The second-order valence-corrected chi connectivity index (χ2v) is 6.18. The van der Waals surface area contributed by atoms with Gasteiger partial charge in [0.15, 0.2) is 0 Å². The summed E-state index contributed by atoms with van der Waals surface area (Å²) in [5.74, 6) is 1.86. The number of aromatic nitrogens is 1. The van der Waals surface area contributed by atoms with E-state index in [9.17, 15) is 0 Å². The molecule has 3 rings (SSSR count). The van der Waals surface area contributed by atoms with Crippen molar-refractivity contribution in [3.63, 3.8) is 0 Å². The third-order valence-corrected chi connectivity index (χ3v) is 4.64. The van der Waals surface area contributed by atoms with Crippen molar-refractivity contribution in [2.24, 2.45) is 5.92 Å². The quantitative estimate of drug-likeness (QED) is 0.854. The van der Waals surface area contributed by atoms with Gasteiger partial charge in [0.2, 0.25) is 0 Å². The molecule has 1 aromatic carbocycles. The highest BCUT2D eigenvalue weighted by Gasteiger charge is 2.20. The summed E-state index contributed by atoms with van der Waals surface area (Å²) in [4.78, 5) is 4.80. The van der Waals surface area contributed by atoms with Gasteiger partial charge >= 0.3 is 0 Å². The Morgan fingerprint density at radius 2 is 1.90 bits per heavy atom. The Hall–Kier alpha value is -1.57. The van der Waals surface area contributed by atoms with Gasteiger partial charge in [-0.1, -0.05) is 37.5 Å². The maximum absolute atomic E-state index is 4.80. The first-order chi connectivity index (χ1) is 9.74. The second kappa shape index (κ2) is 5.82. The fourth-order valence-electron chi connectivity index (χ4n) is 3.34. The zero-order chi connectivity index (χ0) is 13.9. The number of aryl methyl sites for hydroxylation is 1. The van der Waals surface area contributed by atoms with E-state index in [1.54, 1.807) is 0 Å². The fourth-order valence-corrected chi connectivity index (χ4v) is 3.34. The van der Waals surface area contributed by atoms with Crippen molar-refractivity contribution in [2.75, 3.05) is 5.32 Å².